The molecule has 12 heteroatoms. The zero-order valence-electron chi connectivity index (χ0n) is 16.3. The fourth-order valence-corrected chi connectivity index (χ4v) is 4.56. The van der Waals surface area contributed by atoms with Gasteiger partial charge in [0.05, 0.1) is 25.4 Å². The summed E-state index contributed by atoms with van der Waals surface area (Å²) in [4.78, 5) is 27.2. The number of carbonyl (C=O) groups excluding carboxylic acids is 2. The molecular formula is C19H20F2N4O5S. The molecule has 166 valence electrons. The third kappa shape index (κ3) is 5.60. The molecule has 0 saturated carbocycles. The summed E-state index contributed by atoms with van der Waals surface area (Å²) in [5, 5.41) is 4.69. The van der Waals surface area contributed by atoms with Gasteiger partial charge in [0.25, 0.3) is 0 Å². The van der Waals surface area contributed by atoms with Crippen molar-refractivity contribution in [1.82, 2.24) is 19.9 Å². The minimum absolute atomic E-state index is 0.0231. The molecular weight excluding hydrogens is 434 g/mol. The van der Waals surface area contributed by atoms with Gasteiger partial charge in [0.2, 0.25) is 10.0 Å². The van der Waals surface area contributed by atoms with Gasteiger partial charge < -0.3 is 15.4 Å². The lowest BCUT2D eigenvalue weighted by Crippen LogP contribution is -2.53. The van der Waals surface area contributed by atoms with Crippen LogP contribution < -0.4 is 10.6 Å². The minimum atomic E-state index is -4.45. The number of nitrogens with zero attached hydrogens (tertiary/aromatic N) is 2. The molecule has 2 amide bonds. The Morgan fingerprint density at radius 1 is 1.16 bits per heavy atom. The maximum absolute atomic E-state index is 14.1. The average molecular weight is 454 g/mol. The molecule has 0 radical (unpaired) electrons. The van der Waals surface area contributed by atoms with Crippen LogP contribution in [0.2, 0.25) is 0 Å². The zero-order valence-corrected chi connectivity index (χ0v) is 17.1. The van der Waals surface area contributed by atoms with Crippen LogP contribution in [0.15, 0.2) is 47.5 Å². The molecule has 1 saturated heterocycles. The number of hydrogen-bond acceptors (Lipinski definition) is 6. The highest BCUT2D eigenvalue weighted by molar-refractivity contribution is 7.89. The number of pyridine rings is 1. The summed E-state index contributed by atoms with van der Waals surface area (Å²) in [7, 11) is -4.45. The van der Waals surface area contributed by atoms with E-state index >= 15 is 0 Å². The largest absolute Gasteiger partial charge is 0.360 e. The van der Waals surface area contributed by atoms with Crippen molar-refractivity contribution >= 4 is 21.8 Å². The van der Waals surface area contributed by atoms with Crippen molar-refractivity contribution in [1.29, 1.82) is 0 Å². The van der Waals surface area contributed by atoms with Gasteiger partial charge in [-0.25, -0.2) is 17.2 Å². The molecule has 2 N–H and O–H groups in total. The van der Waals surface area contributed by atoms with Crippen LogP contribution in [0.25, 0.3) is 0 Å². The Bertz CT molecular complexity index is 1050. The lowest BCUT2D eigenvalue weighted by molar-refractivity contribution is -0.140. The van der Waals surface area contributed by atoms with Crippen molar-refractivity contribution in [3.05, 3.63) is 59.9 Å². The van der Waals surface area contributed by atoms with Gasteiger partial charge in [0.15, 0.2) is 0 Å². The second-order valence-electron chi connectivity index (χ2n) is 6.58. The molecule has 1 aromatic carbocycles. The van der Waals surface area contributed by atoms with Crippen molar-refractivity contribution in [3.63, 3.8) is 0 Å². The summed E-state index contributed by atoms with van der Waals surface area (Å²) in [5.41, 5.74) is 0.550. The number of nitrogens with one attached hydrogen (secondary N) is 2. The molecule has 1 aliphatic heterocycles. The summed E-state index contributed by atoms with van der Waals surface area (Å²) < 4.78 is 59.5. The first kappa shape index (κ1) is 22.7. The normalized spacial score (nSPS) is 17.2. The van der Waals surface area contributed by atoms with E-state index in [2.05, 4.69) is 15.6 Å². The van der Waals surface area contributed by atoms with Crippen LogP contribution in [0.4, 0.5) is 8.78 Å². The van der Waals surface area contributed by atoms with Gasteiger partial charge in [-0.2, -0.15) is 4.31 Å². The maximum Gasteiger partial charge on any atom is 0.309 e. The summed E-state index contributed by atoms with van der Waals surface area (Å²) in [6.45, 7) is -0.146. The van der Waals surface area contributed by atoms with Gasteiger partial charge in [0, 0.05) is 12.7 Å². The Labute approximate surface area is 177 Å². The second-order valence-corrected chi connectivity index (χ2v) is 8.44. The van der Waals surface area contributed by atoms with E-state index in [-0.39, 0.29) is 26.2 Å². The molecule has 2 aromatic rings. The van der Waals surface area contributed by atoms with Gasteiger partial charge in [-0.05, 0) is 36.8 Å². The van der Waals surface area contributed by atoms with Gasteiger partial charge in [-0.3, -0.25) is 14.6 Å². The first-order chi connectivity index (χ1) is 14.8. The number of halogens is 2. The quantitative estimate of drug-likeness (QED) is 0.615. The highest BCUT2D eigenvalue weighted by Gasteiger charge is 2.36. The van der Waals surface area contributed by atoms with E-state index in [0.29, 0.717) is 18.2 Å². The monoisotopic (exact) mass is 454 g/mol. The zero-order chi connectivity index (χ0) is 22.4. The second kappa shape index (κ2) is 9.90. The van der Waals surface area contributed by atoms with Crippen LogP contribution in [0.3, 0.4) is 0 Å². The van der Waals surface area contributed by atoms with E-state index in [9.17, 15) is 26.8 Å². The van der Waals surface area contributed by atoms with Crippen molar-refractivity contribution < 1.29 is 31.5 Å². The molecule has 1 atom stereocenters. The van der Waals surface area contributed by atoms with Crippen molar-refractivity contribution in [2.45, 2.75) is 24.1 Å². The SMILES string of the molecule is O=C(NCc1ccccn1)C(=O)NCC1OCCCN1S(=O)(=O)c1cc(F)ccc1F. The van der Waals surface area contributed by atoms with Crippen molar-refractivity contribution in [2.24, 2.45) is 0 Å². The third-order valence-corrected chi connectivity index (χ3v) is 6.34. The third-order valence-electron chi connectivity index (χ3n) is 4.43. The highest BCUT2D eigenvalue weighted by Crippen LogP contribution is 2.24. The van der Waals surface area contributed by atoms with E-state index in [1.807, 2.05) is 0 Å². The fourth-order valence-electron chi connectivity index (χ4n) is 2.92. The van der Waals surface area contributed by atoms with Crippen LogP contribution in [-0.2, 0) is 30.9 Å². The van der Waals surface area contributed by atoms with Gasteiger partial charge >= 0.3 is 11.8 Å². The van der Waals surface area contributed by atoms with E-state index in [1.54, 1.807) is 24.4 Å². The predicted octanol–water partition coefficient (Wildman–Crippen LogP) is 0.530. The number of aromatic nitrogens is 1. The Balaban J connectivity index is 1.63. The molecule has 9 nitrogen and oxygen atoms in total. The van der Waals surface area contributed by atoms with E-state index in [4.69, 9.17) is 4.74 Å². The number of benzene rings is 1. The molecule has 3 rings (SSSR count). The Morgan fingerprint density at radius 3 is 2.68 bits per heavy atom. The fraction of sp³-hybridized carbons (Fsp3) is 0.316. The van der Waals surface area contributed by atoms with Crippen LogP contribution >= 0.6 is 0 Å². The standard InChI is InChI=1S/C19H20F2N4O5S/c20-13-5-6-15(21)16(10-13)31(28,29)25-8-3-9-30-17(25)12-24-19(27)18(26)23-11-14-4-1-2-7-22-14/h1-2,4-7,10,17H,3,8-9,11-12H2,(H,23,26)(H,24,27). The van der Waals surface area contributed by atoms with Crippen LogP contribution in [0.5, 0.6) is 0 Å². The molecule has 2 heterocycles. The van der Waals surface area contributed by atoms with Crippen LogP contribution in [0, 0.1) is 11.6 Å². The number of amides is 2. The lowest BCUT2D eigenvalue weighted by atomic mass is 10.3. The Hall–Kier alpha value is -2.96. The molecule has 31 heavy (non-hydrogen) atoms. The predicted molar refractivity (Wildman–Crippen MR) is 104 cm³/mol. The number of carbonyl (C=O) groups is 2. The average Bonchev–Trinajstić information content (AvgIpc) is 2.78. The van der Waals surface area contributed by atoms with Crippen LogP contribution in [-0.4, -0.2) is 55.4 Å². The molecule has 1 fully saturated rings. The first-order valence-electron chi connectivity index (χ1n) is 9.33. The molecule has 0 aliphatic carbocycles. The number of hydrogen-bond donors (Lipinski definition) is 2. The maximum atomic E-state index is 14.1. The van der Waals surface area contributed by atoms with E-state index in [0.717, 1.165) is 16.4 Å². The molecule has 1 aliphatic rings. The minimum Gasteiger partial charge on any atom is -0.360 e. The molecule has 1 unspecified atom stereocenters. The Kier molecular flexibility index (Phi) is 7.25. The first-order valence-corrected chi connectivity index (χ1v) is 10.8. The summed E-state index contributed by atoms with van der Waals surface area (Å²) in [6.07, 6.45) is 0.679. The summed E-state index contributed by atoms with van der Waals surface area (Å²) >= 11 is 0. The number of sulfonamides is 1. The van der Waals surface area contributed by atoms with Crippen molar-refractivity contribution in [3.8, 4) is 0 Å². The topological polar surface area (TPSA) is 118 Å². The smallest absolute Gasteiger partial charge is 0.309 e. The van der Waals surface area contributed by atoms with Gasteiger partial charge in [0.1, 0.15) is 22.8 Å². The molecule has 1 aromatic heterocycles. The number of rotatable bonds is 6. The lowest BCUT2D eigenvalue weighted by Gasteiger charge is -2.34. The van der Waals surface area contributed by atoms with Crippen molar-refractivity contribution in [2.75, 3.05) is 19.7 Å². The number of ether oxygens (including phenoxy) is 1. The Morgan fingerprint density at radius 2 is 1.94 bits per heavy atom. The van der Waals surface area contributed by atoms with Gasteiger partial charge in [-0.15, -0.1) is 0 Å². The summed E-state index contributed by atoms with van der Waals surface area (Å²) in [6, 6.07) is 7.21. The summed E-state index contributed by atoms with van der Waals surface area (Å²) in [5.74, 6) is -3.96. The highest BCUT2D eigenvalue weighted by atomic mass is 32.2. The van der Waals surface area contributed by atoms with E-state index in [1.165, 1.54) is 0 Å². The molecule has 0 bridgehead atoms. The van der Waals surface area contributed by atoms with Gasteiger partial charge in [-0.1, -0.05) is 6.07 Å². The van der Waals surface area contributed by atoms with Crippen LogP contribution in [0.1, 0.15) is 12.1 Å². The molecule has 0 spiro atoms. The van der Waals surface area contributed by atoms with E-state index < -0.39 is 44.6 Å².